The predicted octanol–water partition coefficient (Wildman–Crippen LogP) is 0.459. The van der Waals surface area contributed by atoms with E-state index < -0.39 is 0 Å². The molecule has 5 nitrogen and oxygen atoms in total. The van der Waals surface area contributed by atoms with Crippen LogP contribution >= 0.6 is 0 Å². The molecule has 1 heterocycles. The Bertz CT molecular complexity index is 169. The van der Waals surface area contributed by atoms with Crippen molar-refractivity contribution in [1.29, 1.82) is 0 Å². The first-order valence-corrected chi connectivity index (χ1v) is 5.08. The third kappa shape index (κ3) is 4.43. The lowest BCUT2D eigenvalue weighted by atomic mass is 10.4. The van der Waals surface area contributed by atoms with Gasteiger partial charge in [0.2, 0.25) is 0 Å². The number of hydrogen-bond acceptors (Lipinski definition) is 3. The molecular formula is C9H18N2O3. The fourth-order valence-electron chi connectivity index (χ4n) is 1.18. The van der Waals surface area contributed by atoms with Gasteiger partial charge >= 0.3 is 6.03 Å². The number of amides is 2. The molecule has 0 atom stereocenters. The molecule has 2 N–H and O–H groups in total. The Labute approximate surface area is 84.1 Å². The molecule has 1 rings (SSSR count). The highest BCUT2D eigenvalue weighted by Crippen LogP contribution is 2.06. The molecule has 5 heteroatoms. The van der Waals surface area contributed by atoms with Crippen LogP contribution < -0.4 is 10.6 Å². The summed E-state index contributed by atoms with van der Waals surface area (Å²) in [6, 6.07) is -0.121. The zero-order valence-corrected chi connectivity index (χ0v) is 8.54. The Hall–Kier alpha value is -0.810. The number of ether oxygens (including phenoxy) is 2. The van der Waals surface area contributed by atoms with Crippen LogP contribution in [0.5, 0.6) is 0 Å². The van der Waals surface area contributed by atoms with Crippen LogP contribution in [0.2, 0.25) is 0 Å². The summed E-state index contributed by atoms with van der Waals surface area (Å²) < 4.78 is 10.4. The van der Waals surface area contributed by atoms with Crippen LogP contribution in [0.15, 0.2) is 0 Å². The molecule has 1 fully saturated rings. The summed E-state index contributed by atoms with van der Waals surface area (Å²) in [5.41, 5.74) is 0. The summed E-state index contributed by atoms with van der Waals surface area (Å²) in [6.45, 7) is 4.63. The van der Waals surface area contributed by atoms with Crippen molar-refractivity contribution in [1.82, 2.24) is 10.6 Å². The summed E-state index contributed by atoms with van der Waals surface area (Å²) in [4.78, 5) is 11.1. The maximum absolute atomic E-state index is 11.1. The number of carbonyl (C=O) groups excluding carboxylic acids is 1. The highest BCUT2D eigenvalue weighted by Gasteiger charge is 2.15. The first-order chi connectivity index (χ1) is 6.83. The minimum Gasteiger partial charge on any atom is -0.350 e. The average molecular weight is 202 g/mol. The predicted molar refractivity (Wildman–Crippen MR) is 52.0 cm³/mol. The van der Waals surface area contributed by atoms with Gasteiger partial charge in [0.05, 0.1) is 13.2 Å². The lowest BCUT2D eigenvalue weighted by Gasteiger charge is -2.10. The zero-order chi connectivity index (χ0) is 10.2. The largest absolute Gasteiger partial charge is 0.350 e. The van der Waals surface area contributed by atoms with Crippen LogP contribution in [-0.2, 0) is 9.47 Å². The van der Waals surface area contributed by atoms with Crippen LogP contribution in [0.1, 0.15) is 19.8 Å². The number of rotatable bonds is 5. The van der Waals surface area contributed by atoms with E-state index in [0.717, 1.165) is 6.42 Å². The molecule has 0 saturated carbocycles. The second-order valence-electron chi connectivity index (χ2n) is 3.14. The van der Waals surface area contributed by atoms with E-state index in [1.165, 1.54) is 0 Å². The van der Waals surface area contributed by atoms with Gasteiger partial charge in [-0.2, -0.15) is 0 Å². The Morgan fingerprint density at radius 1 is 1.29 bits per heavy atom. The number of carbonyl (C=O) groups is 1. The van der Waals surface area contributed by atoms with Crippen molar-refractivity contribution in [3.8, 4) is 0 Å². The Morgan fingerprint density at radius 2 is 1.93 bits per heavy atom. The first-order valence-electron chi connectivity index (χ1n) is 5.08. The second kappa shape index (κ2) is 6.62. The van der Waals surface area contributed by atoms with Gasteiger partial charge in [0.25, 0.3) is 0 Å². The fraction of sp³-hybridized carbons (Fsp3) is 0.889. The highest BCUT2D eigenvalue weighted by molar-refractivity contribution is 5.73. The maximum atomic E-state index is 11.1. The quantitative estimate of drug-likeness (QED) is 0.681. The molecule has 0 bridgehead atoms. The van der Waals surface area contributed by atoms with E-state index in [9.17, 15) is 4.79 Å². The third-order valence-corrected chi connectivity index (χ3v) is 1.89. The summed E-state index contributed by atoms with van der Waals surface area (Å²) in [6.07, 6.45) is 1.52. The van der Waals surface area contributed by atoms with Crippen molar-refractivity contribution in [2.75, 3.05) is 26.3 Å². The molecule has 14 heavy (non-hydrogen) atoms. The Morgan fingerprint density at radius 3 is 2.57 bits per heavy atom. The van der Waals surface area contributed by atoms with E-state index >= 15 is 0 Å². The van der Waals surface area contributed by atoms with E-state index in [-0.39, 0.29) is 12.3 Å². The lowest BCUT2D eigenvalue weighted by Crippen LogP contribution is -2.37. The van der Waals surface area contributed by atoms with Crippen LogP contribution in [-0.4, -0.2) is 38.6 Å². The lowest BCUT2D eigenvalue weighted by molar-refractivity contribution is -0.0454. The van der Waals surface area contributed by atoms with Crippen molar-refractivity contribution in [2.24, 2.45) is 0 Å². The van der Waals surface area contributed by atoms with E-state index in [0.29, 0.717) is 32.7 Å². The first kappa shape index (κ1) is 11.3. The molecule has 0 aromatic rings. The summed E-state index contributed by atoms with van der Waals surface area (Å²) in [5, 5.41) is 5.46. The van der Waals surface area contributed by atoms with Gasteiger partial charge < -0.3 is 20.1 Å². The van der Waals surface area contributed by atoms with Crippen molar-refractivity contribution in [2.45, 2.75) is 26.1 Å². The molecule has 0 aromatic carbocycles. The van der Waals surface area contributed by atoms with Crippen LogP contribution in [0, 0.1) is 0 Å². The van der Waals surface area contributed by atoms with Gasteiger partial charge in [0.15, 0.2) is 6.29 Å². The number of urea groups is 1. The number of nitrogens with one attached hydrogen (secondary N) is 2. The molecule has 0 spiro atoms. The average Bonchev–Trinajstić information content (AvgIpc) is 2.67. The zero-order valence-electron chi connectivity index (χ0n) is 8.54. The smallest absolute Gasteiger partial charge is 0.314 e. The maximum Gasteiger partial charge on any atom is 0.314 e. The molecule has 1 aliphatic rings. The van der Waals surface area contributed by atoms with Crippen LogP contribution in [0.25, 0.3) is 0 Å². The fourth-order valence-corrected chi connectivity index (χ4v) is 1.18. The normalized spacial score (nSPS) is 16.9. The SMILES string of the molecule is CCCNC(=O)NCCC1OCCO1. The van der Waals surface area contributed by atoms with Crippen molar-refractivity contribution >= 4 is 6.03 Å². The van der Waals surface area contributed by atoms with Crippen LogP contribution in [0.4, 0.5) is 4.79 Å². The summed E-state index contributed by atoms with van der Waals surface area (Å²) >= 11 is 0. The van der Waals surface area contributed by atoms with E-state index in [4.69, 9.17) is 9.47 Å². The van der Waals surface area contributed by atoms with Gasteiger partial charge in [-0.25, -0.2) is 4.79 Å². The molecule has 1 saturated heterocycles. The summed E-state index contributed by atoms with van der Waals surface area (Å²) in [7, 11) is 0. The molecule has 0 aliphatic carbocycles. The number of hydrogen-bond donors (Lipinski definition) is 2. The van der Waals surface area contributed by atoms with Gasteiger partial charge in [-0.05, 0) is 6.42 Å². The molecule has 0 unspecified atom stereocenters. The van der Waals surface area contributed by atoms with Gasteiger partial charge in [-0.15, -0.1) is 0 Å². The molecule has 0 aromatic heterocycles. The summed E-state index contributed by atoms with van der Waals surface area (Å²) in [5.74, 6) is 0. The molecule has 82 valence electrons. The van der Waals surface area contributed by atoms with E-state index in [1.54, 1.807) is 0 Å². The van der Waals surface area contributed by atoms with E-state index in [2.05, 4.69) is 10.6 Å². The minimum atomic E-state index is -0.138. The van der Waals surface area contributed by atoms with Crippen LogP contribution in [0.3, 0.4) is 0 Å². The standard InChI is InChI=1S/C9H18N2O3/c1-2-4-10-9(12)11-5-3-8-13-6-7-14-8/h8H,2-7H2,1H3,(H2,10,11,12). The molecular weight excluding hydrogens is 184 g/mol. The van der Waals surface area contributed by atoms with Crippen molar-refractivity contribution < 1.29 is 14.3 Å². The molecule has 1 aliphatic heterocycles. The minimum absolute atomic E-state index is 0.121. The Balaban J connectivity index is 1.94. The highest BCUT2D eigenvalue weighted by atomic mass is 16.7. The monoisotopic (exact) mass is 202 g/mol. The van der Waals surface area contributed by atoms with Gasteiger partial charge in [-0.1, -0.05) is 6.92 Å². The van der Waals surface area contributed by atoms with Crippen molar-refractivity contribution in [3.63, 3.8) is 0 Å². The Kier molecular flexibility index (Phi) is 5.32. The van der Waals surface area contributed by atoms with E-state index in [1.807, 2.05) is 6.92 Å². The van der Waals surface area contributed by atoms with Crippen molar-refractivity contribution in [3.05, 3.63) is 0 Å². The van der Waals surface area contributed by atoms with Gasteiger partial charge in [0, 0.05) is 19.5 Å². The van der Waals surface area contributed by atoms with Gasteiger partial charge in [-0.3, -0.25) is 0 Å². The third-order valence-electron chi connectivity index (χ3n) is 1.89. The topological polar surface area (TPSA) is 59.6 Å². The second-order valence-corrected chi connectivity index (χ2v) is 3.14. The molecule has 2 amide bonds. The molecule has 0 radical (unpaired) electrons. The van der Waals surface area contributed by atoms with Gasteiger partial charge in [0.1, 0.15) is 0 Å².